The first-order valence-corrected chi connectivity index (χ1v) is 15.3. The summed E-state index contributed by atoms with van der Waals surface area (Å²) >= 11 is 0. The summed E-state index contributed by atoms with van der Waals surface area (Å²) in [4.78, 5) is 12.1. The van der Waals surface area contributed by atoms with E-state index in [0.29, 0.717) is 32.8 Å². The maximum absolute atomic E-state index is 12.1. The minimum Gasteiger partial charge on any atom is -0.460 e. The standard InChI is InChI=1S/C25H54NO5Si/c1-7-13-14-15-16-17-18-20-25(27)28-23-22-26(8-2,9-3)21-19-24-32(29-10-4,30-11-5)31-12-6/h7-24H2,1-6H3/q+1. The molecule has 0 rings (SSSR count). The summed E-state index contributed by atoms with van der Waals surface area (Å²) in [6.07, 6.45) is 10.1. The number of carbonyl (C=O) groups is 1. The highest BCUT2D eigenvalue weighted by Crippen LogP contribution is 2.20. The molecule has 0 aromatic rings. The lowest BCUT2D eigenvalue weighted by atomic mass is 10.1. The van der Waals surface area contributed by atoms with Crippen LogP contribution < -0.4 is 0 Å². The number of quaternary nitrogens is 1. The molecule has 0 N–H and O–H groups in total. The first-order valence-electron chi connectivity index (χ1n) is 13.4. The third-order valence-corrected chi connectivity index (χ3v) is 9.51. The Morgan fingerprint density at radius 3 is 1.72 bits per heavy atom. The van der Waals surface area contributed by atoms with E-state index in [1.165, 1.54) is 32.1 Å². The molecule has 0 unspecified atom stereocenters. The molecule has 0 aliphatic carbocycles. The number of rotatable bonds is 23. The lowest BCUT2D eigenvalue weighted by molar-refractivity contribution is -0.925. The highest BCUT2D eigenvalue weighted by Gasteiger charge is 2.40. The number of likely N-dealkylation sites (N-methyl/N-ethyl adjacent to an activating group) is 1. The van der Waals surface area contributed by atoms with Crippen LogP contribution in [0.25, 0.3) is 0 Å². The van der Waals surface area contributed by atoms with Gasteiger partial charge in [-0.15, -0.1) is 0 Å². The topological polar surface area (TPSA) is 54.0 Å². The van der Waals surface area contributed by atoms with Gasteiger partial charge in [-0.05, 0) is 41.0 Å². The molecule has 32 heavy (non-hydrogen) atoms. The third-order valence-electron chi connectivity index (χ3n) is 6.36. The summed E-state index contributed by atoms with van der Waals surface area (Å²) in [5.74, 6) is -0.0423. The van der Waals surface area contributed by atoms with Gasteiger partial charge in [0.05, 0.1) is 19.6 Å². The third kappa shape index (κ3) is 13.9. The van der Waals surface area contributed by atoms with Gasteiger partial charge in [-0.25, -0.2) is 0 Å². The van der Waals surface area contributed by atoms with Crippen molar-refractivity contribution in [3.05, 3.63) is 0 Å². The highest BCUT2D eigenvalue weighted by molar-refractivity contribution is 6.60. The first kappa shape index (κ1) is 31.5. The van der Waals surface area contributed by atoms with Gasteiger partial charge in [-0.3, -0.25) is 4.79 Å². The molecule has 6 nitrogen and oxygen atoms in total. The second-order valence-electron chi connectivity index (χ2n) is 8.60. The van der Waals surface area contributed by atoms with Crippen LogP contribution in [0.4, 0.5) is 0 Å². The molecule has 0 aliphatic rings. The molecular formula is C25H54NO5Si+. The number of esters is 1. The molecule has 0 amide bonds. The number of hydrogen-bond donors (Lipinski definition) is 0. The molecule has 0 saturated carbocycles. The van der Waals surface area contributed by atoms with Crippen LogP contribution in [0.3, 0.4) is 0 Å². The SMILES string of the molecule is CCCCCCCCCC(=O)OCC[N+](CC)(CC)CCC[Si](OCC)(OCC)OCC. The van der Waals surface area contributed by atoms with Crippen molar-refractivity contribution in [2.75, 3.05) is 52.6 Å². The van der Waals surface area contributed by atoms with E-state index in [1.807, 2.05) is 20.8 Å². The molecule has 0 atom stereocenters. The molecule has 0 aromatic carbocycles. The predicted octanol–water partition coefficient (Wildman–Crippen LogP) is 5.97. The van der Waals surface area contributed by atoms with E-state index in [9.17, 15) is 4.79 Å². The van der Waals surface area contributed by atoms with Crippen LogP contribution in [0.5, 0.6) is 0 Å². The molecule has 0 saturated heterocycles. The molecule has 192 valence electrons. The van der Waals surface area contributed by atoms with E-state index in [-0.39, 0.29) is 5.97 Å². The minimum atomic E-state index is -2.59. The maximum atomic E-state index is 12.1. The van der Waals surface area contributed by atoms with E-state index >= 15 is 0 Å². The zero-order valence-electron chi connectivity index (χ0n) is 22.2. The van der Waals surface area contributed by atoms with Crippen LogP contribution in [-0.2, 0) is 22.8 Å². The van der Waals surface area contributed by atoms with Gasteiger partial charge in [0.1, 0.15) is 13.2 Å². The minimum absolute atomic E-state index is 0.0423. The van der Waals surface area contributed by atoms with Gasteiger partial charge >= 0.3 is 14.8 Å². The summed E-state index contributed by atoms with van der Waals surface area (Å²) in [6.45, 7) is 19.0. The zero-order valence-corrected chi connectivity index (χ0v) is 23.2. The van der Waals surface area contributed by atoms with Crippen molar-refractivity contribution in [1.82, 2.24) is 0 Å². The molecule has 0 spiro atoms. The van der Waals surface area contributed by atoms with Gasteiger partial charge in [0.25, 0.3) is 0 Å². The average Bonchev–Trinajstić information content (AvgIpc) is 2.78. The Bertz CT molecular complexity index is 429. The zero-order chi connectivity index (χ0) is 24.1. The van der Waals surface area contributed by atoms with Gasteiger partial charge in [0.2, 0.25) is 0 Å². The van der Waals surface area contributed by atoms with Crippen molar-refractivity contribution in [2.24, 2.45) is 0 Å². The molecule has 0 fully saturated rings. The van der Waals surface area contributed by atoms with Crippen molar-refractivity contribution in [3.63, 3.8) is 0 Å². The fourth-order valence-corrected chi connectivity index (χ4v) is 6.85. The number of carbonyl (C=O) groups excluding carboxylic acids is 1. The summed E-state index contributed by atoms with van der Waals surface area (Å²) < 4.78 is 24.5. The quantitative estimate of drug-likeness (QED) is 0.0787. The van der Waals surface area contributed by atoms with Crippen molar-refractivity contribution in [3.8, 4) is 0 Å². The molecule has 0 aliphatic heterocycles. The van der Waals surface area contributed by atoms with E-state index < -0.39 is 8.80 Å². The van der Waals surface area contributed by atoms with E-state index in [2.05, 4.69) is 20.8 Å². The molecule has 7 heteroatoms. The summed E-state index contributed by atoms with van der Waals surface area (Å²) in [6, 6.07) is 0.834. The second kappa shape index (κ2) is 19.9. The molecule has 0 heterocycles. The fraction of sp³-hybridized carbons (Fsp3) is 0.960. The maximum Gasteiger partial charge on any atom is 0.501 e. The average molecular weight is 477 g/mol. The van der Waals surface area contributed by atoms with Crippen molar-refractivity contribution >= 4 is 14.8 Å². The van der Waals surface area contributed by atoms with Crippen molar-refractivity contribution in [2.45, 2.75) is 105 Å². The lowest BCUT2D eigenvalue weighted by Crippen LogP contribution is -2.52. The second-order valence-corrected chi connectivity index (χ2v) is 11.3. The Kier molecular flexibility index (Phi) is 19.7. The molecular weight excluding hydrogens is 422 g/mol. The number of ether oxygens (including phenoxy) is 1. The molecule has 0 bridgehead atoms. The lowest BCUT2D eigenvalue weighted by Gasteiger charge is -2.37. The molecule has 0 aromatic heterocycles. The van der Waals surface area contributed by atoms with Crippen LogP contribution >= 0.6 is 0 Å². The van der Waals surface area contributed by atoms with Crippen LogP contribution in [0, 0.1) is 0 Å². The summed E-state index contributed by atoms with van der Waals surface area (Å²) in [5.41, 5.74) is 0. The van der Waals surface area contributed by atoms with Gasteiger partial charge in [0, 0.05) is 38.7 Å². The number of unbranched alkanes of at least 4 members (excludes halogenated alkanes) is 6. The smallest absolute Gasteiger partial charge is 0.460 e. The van der Waals surface area contributed by atoms with E-state index in [0.717, 1.165) is 56.0 Å². The Morgan fingerprint density at radius 1 is 0.688 bits per heavy atom. The Hall–Kier alpha value is -0.473. The largest absolute Gasteiger partial charge is 0.501 e. The molecule has 0 radical (unpaired) electrons. The number of nitrogens with zero attached hydrogens (tertiary/aromatic N) is 1. The van der Waals surface area contributed by atoms with Gasteiger partial charge in [-0.2, -0.15) is 0 Å². The monoisotopic (exact) mass is 476 g/mol. The Labute approximate surface area is 200 Å². The van der Waals surface area contributed by atoms with Crippen molar-refractivity contribution in [1.29, 1.82) is 0 Å². The summed E-state index contributed by atoms with van der Waals surface area (Å²) in [7, 11) is -2.59. The van der Waals surface area contributed by atoms with Crippen molar-refractivity contribution < 1.29 is 27.3 Å². The number of hydrogen-bond acceptors (Lipinski definition) is 5. The van der Waals surface area contributed by atoms with E-state index in [4.69, 9.17) is 18.0 Å². The van der Waals surface area contributed by atoms with Gasteiger partial charge in [-0.1, -0.05) is 45.4 Å². The van der Waals surface area contributed by atoms with Crippen LogP contribution in [0.2, 0.25) is 6.04 Å². The predicted molar refractivity (Wildman–Crippen MR) is 135 cm³/mol. The summed E-state index contributed by atoms with van der Waals surface area (Å²) in [5, 5.41) is 0. The Morgan fingerprint density at radius 2 is 1.22 bits per heavy atom. The van der Waals surface area contributed by atoms with Crippen LogP contribution in [0.15, 0.2) is 0 Å². The van der Waals surface area contributed by atoms with E-state index in [1.54, 1.807) is 0 Å². The fourth-order valence-electron chi connectivity index (χ4n) is 4.25. The van der Waals surface area contributed by atoms with Crippen LogP contribution in [-0.4, -0.2) is 71.9 Å². The van der Waals surface area contributed by atoms with Gasteiger partial charge in [0.15, 0.2) is 0 Å². The van der Waals surface area contributed by atoms with Gasteiger partial charge < -0.3 is 22.5 Å². The highest BCUT2D eigenvalue weighted by atomic mass is 28.4. The van der Waals surface area contributed by atoms with Crippen LogP contribution in [0.1, 0.15) is 99.3 Å². The Balaban J connectivity index is 4.40. The normalized spacial score (nSPS) is 12.3. The first-order chi connectivity index (χ1) is 15.5.